The van der Waals surface area contributed by atoms with Crippen molar-refractivity contribution >= 4 is 33.6 Å². The van der Waals surface area contributed by atoms with Crippen molar-refractivity contribution in [3.8, 4) is 5.75 Å². The highest BCUT2D eigenvalue weighted by Crippen LogP contribution is 2.33. The molecule has 1 fully saturated rings. The van der Waals surface area contributed by atoms with Crippen LogP contribution in [-0.4, -0.2) is 47.1 Å². The highest BCUT2D eigenvalue weighted by molar-refractivity contribution is 7.15. The van der Waals surface area contributed by atoms with Gasteiger partial charge in [-0.3, -0.25) is 0 Å². The summed E-state index contributed by atoms with van der Waals surface area (Å²) < 4.78 is 7.28. The zero-order valence-electron chi connectivity index (χ0n) is 14.4. The van der Waals surface area contributed by atoms with Crippen LogP contribution in [-0.2, 0) is 0 Å². The quantitative estimate of drug-likeness (QED) is 0.505. The maximum atomic E-state index is 11.5. The maximum Gasteiger partial charge on any atom is 0.373 e. The molecule has 3 heterocycles. The first-order valence-electron chi connectivity index (χ1n) is 8.50. The van der Waals surface area contributed by atoms with Gasteiger partial charge < -0.3 is 24.7 Å². The van der Waals surface area contributed by atoms with E-state index >= 15 is 0 Å². The molecular weight excluding hydrogens is 354 g/mol. The lowest BCUT2D eigenvalue weighted by molar-refractivity contribution is -0.389. The van der Waals surface area contributed by atoms with Gasteiger partial charge in [0.25, 0.3) is 4.96 Å². The molecule has 26 heavy (non-hydrogen) atoms. The average molecular weight is 373 g/mol. The highest BCUT2D eigenvalue weighted by Gasteiger charge is 2.30. The van der Waals surface area contributed by atoms with Crippen molar-refractivity contribution in [2.24, 2.45) is 0 Å². The fourth-order valence-electron chi connectivity index (χ4n) is 3.30. The van der Waals surface area contributed by atoms with Crippen molar-refractivity contribution in [2.45, 2.75) is 6.92 Å². The van der Waals surface area contributed by atoms with E-state index in [1.54, 1.807) is 10.6 Å². The van der Waals surface area contributed by atoms with Gasteiger partial charge in [0.2, 0.25) is 5.82 Å². The number of nitro groups is 1. The van der Waals surface area contributed by atoms with E-state index in [1.165, 1.54) is 11.3 Å². The van der Waals surface area contributed by atoms with Gasteiger partial charge in [-0.25, -0.2) is 0 Å². The number of hydrogen-bond acceptors (Lipinski definition) is 7. The van der Waals surface area contributed by atoms with Crippen molar-refractivity contribution < 1.29 is 9.66 Å². The number of nitrogens with zero attached hydrogens (tertiary/aromatic N) is 5. The van der Waals surface area contributed by atoms with Crippen LogP contribution in [0.25, 0.3) is 4.96 Å². The predicted octanol–water partition coefficient (Wildman–Crippen LogP) is 3.03. The number of ether oxygens (including phenoxy) is 1. The molecule has 1 aliphatic heterocycles. The second-order valence-electron chi connectivity index (χ2n) is 5.95. The van der Waals surface area contributed by atoms with E-state index in [0.717, 1.165) is 24.5 Å². The summed E-state index contributed by atoms with van der Waals surface area (Å²) in [6.07, 6.45) is 1.70. The number of anilines is 2. The molecule has 0 bridgehead atoms. The van der Waals surface area contributed by atoms with Crippen molar-refractivity contribution in [2.75, 3.05) is 42.6 Å². The molecule has 3 aromatic rings. The molecule has 2 aromatic heterocycles. The third-order valence-corrected chi connectivity index (χ3v) is 5.23. The molecule has 0 spiro atoms. The first kappa shape index (κ1) is 16.6. The standard InChI is InChI=1S/C17H19N5O3S/c1-2-25-14-6-4-3-5-13(14)19-7-9-20(10-8-19)15-16(22(23)24)21-11-12-26-17(21)18-15/h3-6,11-12H,2,7-10H2,1H3. The van der Waals surface area contributed by atoms with Crippen LogP contribution in [0.1, 0.15) is 6.92 Å². The van der Waals surface area contributed by atoms with E-state index in [1.807, 2.05) is 35.4 Å². The summed E-state index contributed by atoms with van der Waals surface area (Å²) in [6.45, 7) is 5.45. The highest BCUT2D eigenvalue weighted by atomic mass is 32.1. The number of benzene rings is 1. The number of thiazole rings is 1. The summed E-state index contributed by atoms with van der Waals surface area (Å²) in [5.74, 6) is 1.38. The lowest BCUT2D eigenvalue weighted by Gasteiger charge is -2.36. The SMILES string of the molecule is CCOc1ccccc1N1CCN(c2nc3sccn3c2[N+](=O)[O-])CC1. The largest absolute Gasteiger partial charge is 0.492 e. The van der Waals surface area contributed by atoms with E-state index in [0.29, 0.717) is 30.5 Å². The molecule has 9 heteroatoms. The zero-order valence-corrected chi connectivity index (χ0v) is 15.2. The molecule has 1 aromatic carbocycles. The minimum atomic E-state index is -0.348. The van der Waals surface area contributed by atoms with Crippen molar-refractivity contribution in [3.05, 3.63) is 46.0 Å². The molecule has 1 aliphatic rings. The van der Waals surface area contributed by atoms with Gasteiger partial charge in [0.15, 0.2) is 0 Å². The summed E-state index contributed by atoms with van der Waals surface area (Å²) in [7, 11) is 0. The van der Waals surface area contributed by atoms with Crippen LogP contribution >= 0.6 is 11.3 Å². The Hall–Kier alpha value is -2.81. The van der Waals surface area contributed by atoms with Crippen LogP contribution in [0.3, 0.4) is 0 Å². The summed E-state index contributed by atoms with van der Waals surface area (Å²) in [5, 5.41) is 13.3. The lowest BCUT2D eigenvalue weighted by atomic mass is 10.2. The number of imidazole rings is 1. The van der Waals surface area contributed by atoms with Crippen LogP contribution in [0.5, 0.6) is 5.75 Å². The normalized spacial score (nSPS) is 14.8. The summed E-state index contributed by atoms with van der Waals surface area (Å²) >= 11 is 1.40. The Labute approximate surface area is 154 Å². The van der Waals surface area contributed by atoms with Crippen molar-refractivity contribution in [3.63, 3.8) is 0 Å². The second-order valence-corrected chi connectivity index (χ2v) is 6.82. The van der Waals surface area contributed by atoms with Crippen LogP contribution in [0.4, 0.5) is 17.3 Å². The van der Waals surface area contributed by atoms with Crippen LogP contribution in [0.2, 0.25) is 0 Å². The number of rotatable bonds is 5. The third-order valence-electron chi connectivity index (χ3n) is 4.48. The Kier molecular flexibility index (Phi) is 4.37. The van der Waals surface area contributed by atoms with Crippen molar-refractivity contribution in [1.82, 2.24) is 9.38 Å². The third kappa shape index (κ3) is 2.84. The molecule has 0 amide bonds. The van der Waals surface area contributed by atoms with Crippen LogP contribution < -0.4 is 14.5 Å². The molecule has 0 atom stereocenters. The molecule has 1 saturated heterocycles. The van der Waals surface area contributed by atoms with E-state index in [-0.39, 0.29) is 10.7 Å². The first-order valence-corrected chi connectivity index (χ1v) is 9.38. The van der Waals surface area contributed by atoms with Gasteiger partial charge in [-0.1, -0.05) is 23.5 Å². The smallest absolute Gasteiger partial charge is 0.373 e. The fraction of sp³-hybridized carbons (Fsp3) is 0.353. The van der Waals surface area contributed by atoms with Gasteiger partial charge in [0.05, 0.1) is 12.3 Å². The molecule has 0 saturated carbocycles. The molecule has 136 valence electrons. The molecule has 0 N–H and O–H groups in total. The Morgan fingerprint density at radius 1 is 1.23 bits per heavy atom. The van der Waals surface area contributed by atoms with Gasteiger partial charge in [0.1, 0.15) is 11.9 Å². The summed E-state index contributed by atoms with van der Waals surface area (Å²) in [4.78, 5) is 20.6. The fourth-order valence-corrected chi connectivity index (χ4v) is 4.00. The van der Waals surface area contributed by atoms with Crippen LogP contribution in [0, 0.1) is 10.1 Å². The molecule has 8 nitrogen and oxygen atoms in total. The first-order chi connectivity index (χ1) is 12.7. The van der Waals surface area contributed by atoms with Gasteiger partial charge in [-0.2, -0.15) is 9.38 Å². The number of hydrogen-bond donors (Lipinski definition) is 0. The number of aromatic nitrogens is 2. The summed E-state index contributed by atoms with van der Waals surface area (Å²) in [6, 6.07) is 7.99. The molecule has 4 rings (SSSR count). The van der Waals surface area contributed by atoms with Gasteiger partial charge in [-0.05, 0) is 24.0 Å². The molecule has 0 radical (unpaired) electrons. The maximum absolute atomic E-state index is 11.5. The van der Waals surface area contributed by atoms with Gasteiger partial charge >= 0.3 is 5.82 Å². The minimum absolute atomic E-state index is 0.0458. The van der Waals surface area contributed by atoms with E-state index in [4.69, 9.17) is 4.74 Å². The lowest BCUT2D eigenvalue weighted by Crippen LogP contribution is -2.47. The Morgan fingerprint density at radius 2 is 1.96 bits per heavy atom. The monoisotopic (exact) mass is 373 g/mol. The molecule has 0 unspecified atom stereocenters. The van der Waals surface area contributed by atoms with E-state index < -0.39 is 0 Å². The van der Waals surface area contributed by atoms with E-state index in [2.05, 4.69) is 16.0 Å². The minimum Gasteiger partial charge on any atom is -0.492 e. The predicted molar refractivity (Wildman–Crippen MR) is 102 cm³/mol. The van der Waals surface area contributed by atoms with Gasteiger partial charge in [-0.15, -0.1) is 0 Å². The van der Waals surface area contributed by atoms with Crippen LogP contribution in [0.15, 0.2) is 35.8 Å². The Balaban J connectivity index is 1.55. The molecular formula is C17H19N5O3S. The van der Waals surface area contributed by atoms with Gasteiger partial charge in [0, 0.05) is 31.6 Å². The molecule has 0 aliphatic carbocycles. The van der Waals surface area contributed by atoms with E-state index in [9.17, 15) is 10.1 Å². The Bertz CT molecular complexity index is 930. The second kappa shape index (κ2) is 6.83. The number of piperazine rings is 1. The Morgan fingerprint density at radius 3 is 2.69 bits per heavy atom. The van der Waals surface area contributed by atoms with Crippen molar-refractivity contribution in [1.29, 1.82) is 0 Å². The summed E-state index contributed by atoms with van der Waals surface area (Å²) in [5.41, 5.74) is 1.06. The zero-order chi connectivity index (χ0) is 18.1. The number of para-hydroxylation sites is 2. The average Bonchev–Trinajstić information content (AvgIpc) is 3.23. The topological polar surface area (TPSA) is 76.2 Å². The number of fused-ring (bicyclic) bond motifs is 1.